The summed E-state index contributed by atoms with van der Waals surface area (Å²) in [5.41, 5.74) is 5.38. The minimum Gasteiger partial charge on any atom is -0.495 e. The molecule has 2 aromatic heterocycles. The lowest BCUT2D eigenvalue weighted by Crippen LogP contribution is -2.15. The molecular formula is C30H33F3N6O2. The molecule has 1 amide bonds. The van der Waals surface area contributed by atoms with E-state index in [4.69, 9.17) is 9.72 Å². The van der Waals surface area contributed by atoms with Crippen molar-refractivity contribution in [3.63, 3.8) is 0 Å². The van der Waals surface area contributed by atoms with Crippen LogP contribution < -0.4 is 15.4 Å². The third-order valence-corrected chi connectivity index (χ3v) is 6.72. The Hall–Kier alpha value is -4.38. The summed E-state index contributed by atoms with van der Waals surface area (Å²) in [4.78, 5) is 23.5. The van der Waals surface area contributed by atoms with Crippen LogP contribution in [0.3, 0.4) is 0 Å². The van der Waals surface area contributed by atoms with Crippen LogP contribution in [-0.2, 0) is 18.3 Å². The summed E-state index contributed by atoms with van der Waals surface area (Å²) >= 11 is 0. The highest BCUT2D eigenvalue weighted by atomic mass is 19.4. The van der Waals surface area contributed by atoms with Gasteiger partial charge in [0.2, 0.25) is 11.9 Å². The van der Waals surface area contributed by atoms with Crippen LogP contribution >= 0.6 is 0 Å². The van der Waals surface area contributed by atoms with Crippen molar-refractivity contribution in [1.82, 2.24) is 19.4 Å². The number of ether oxygens (including phenoxy) is 1. The highest BCUT2D eigenvalue weighted by Gasteiger charge is 2.23. The van der Waals surface area contributed by atoms with Gasteiger partial charge in [0.1, 0.15) is 5.75 Å². The molecule has 0 radical (unpaired) electrons. The number of carbonyl (C=O) groups is 1. The molecule has 0 saturated heterocycles. The number of rotatable bonds is 10. The average molecular weight is 567 g/mol. The van der Waals surface area contributed by atoms with Crippen molar-refractivity contribution in [2.45, 2.75) is 25.9 Å². The second-order valence-electron chi connectivity index (χ2n) is 9.91. The number of alkyl halides is 3. The number of aromatic nitrogens is 3. The average Bonchev–Trinajstić information content (AvgIpc) is 3.18. The first-order chi connectivity index (χ1) is 19.5. The minimum absolute atomic E-state index is 0.0919. The molecule has 0 unspecified atom stereocenters. The van der Waals surface area contributed by atoms with Gasteiger partial charge in [-0.15, -0.1) is 0 Å². The second-order valence-corrected chi connectivity index (χ2v) is 9.91. The molecule has 0 aliphatic rings. The number of fused-ring (bicyclic) bond motifs is 1. The number of allylic oxidation sites excluding steroid dienone is 1. The number of carbonyl (C=O) groups excluding carboxylic acids is 1. The standard InChI is InChI=1S/C30H33F3N6O2/c1-19-28(21-10-6-7-11-25(21)39(19)4)22-13-15-34-29(36-22)37-24-18-23(35-27(40)12-14-30(31,32)33)20(17-26(24)41-5)9-8-16-38(2)3/h6-7,10-15,17-18H,8-9,16H2,1-5H3,(H,35,40)(H,34,36,37)/b14-12+. The molecule has 0 spiro atoms. The fourth-order valence-corrected chi connectivity index (χ4v) is 4.66. The zero-order valence-electron chi connectivity index (χ0n) is 23.6. The van der Waals surface area contributed by atoms with E-state index in [1.54, 1.807) is 18.3 Å². The predicted molar refractivity (Wildman–Crippen MR) is 156 cm³/mol. The Labute approximate surface area is 236 Å². The number of halogens is 3. The number of aryl methyl sites for hydroxylation is 2. The van der Waals surface area contributed by atoms with Crippen molar-refractivity contribution in [2.24, 2.45) is 7.05 Å². The summed E-state index contributed by atoms with van der Waals surface area (Å²) < 4.78 is 45.6. The number of nitrogens with one attached hydrogen (secondary N) is 2. The molecule has 8 nitrogen and oxygen atoms in total. The Balaban J connectivity index is 1.70. The molecule has 0 aliphatic heterocycles. The monoisotopic (exact) mass is 566 g/mol. The molecular weight excluding hydrogens is 533 g/mol. The fraction of sp³-hybridized carbons (Fsp3) is 0.300. The quantitative estimate of drug-likeness (QED) is 0.221. The molecule has 2 N–H and O–H groups in total. The summed E-state index contributed by atoms with van der Waals surface area (Å²) in [6.45, 7) is 2.82. The lowest BCUT2D eigenvalue weighted by Gasteiger charge is -2.18. The maximum absolute atomic E-state index is 12.6. The highest BCUT2D eigenvalue weighted by Crippen LogP contribution is 2.36. The first kappa shape index (κ1) is 29.6. The highest BCUT2D eigenvalue weighted by molar-refractivity contribution is 6.00. The Morgan fingerprint density at radius 1 is 1.15 bits per heavy atom. The van der Waals surface area contributed by atoms with Gasteiger partial charge >= 0.3 is 6.18 Å². The Kier molecular flexibility index (Phi) is 8.97. The van der Waals surface area contributed by atoms with E-state index in [0.29, 0.717) is 35.6 Å². The Bertz CT molecular complexity index is 1580. The van der Waals surface area contributed by atoms with Gasteiger partial charge in [-0.1, -0.05) is 18.2 Å². The fourth-order valence-electron chi connectivity index (χ4n) is 4.66. The smallest absolute Gasteiger partial charge is 0.409 e. The van der Waals surface area contributed by atoms with Gasteiger partial charge in [0.15, 0.2) is 0 Å². The van der Waals surface area contributed by atoms with E-state index in [9.17, 15) is 18.0 Å². The zero-order valence-corrected chi connectivity index (χ0v) is 23.6. The largest absolute Gasteiger partial charge is 0.495 e. The number of benzene rings is 2. The van der Waals surface area contributed by atoms with Crippen molar-refractivity contribution in [3.8, 4) is 17.0 Å². The van der Waals surface area contributed by atoms with Crippen molar-refractivity contribution in [2.75, 3.05) is 38.4 Å². The van der Waals surface area contributed by atoms with Gasteiger partial charge in [0, 0.05) is 53.2 Å². The number of amides is 1. The van der Waals surface area contributed by atoms with Crippen LogP contribution in [-0.4, -0.2) is 59.3 Å². The molecule has 2 aromatic carbocycles. The van der Waals surface area contributed by atoms with Crippen LogP contribution in [0.15, 0.2) is 60.8 Å². The topological polar surface area (TPSA) is 84.3 Å². The Morgan fingerprint density at radius 2 is 1.90 bits per heavy atom. The van der Waals surface area contributed by atoms with Gasteiger partial charge in [-0.2, -0.15) is 13.2 Å². The van der Waals surface area contributed by atoms with E-state index >= 15 is 0 Å². The predicted octanol–water partition coefficient (Wildman–Crippen LogP) is 6.25. The number of hydrogen-bond acceptors (Lipinski definition) is 6. The van der Waals surface area contributed by atoms with E-state index in [-0.39, 0.29) is 6.08 Å². The number of anilines is 3. The normalized spacial score (nSPS) is 11.9. The molecule has 2 heterocycles. The number of nitrogens with zero attached hydrogens (tertiary/aromatic N) is 4. The number of para-hydroxylation sites is 1. The third-order valence-electron chi connectivity index (χ3n) is 6.72. The van der Waals surface area contributed by atoms with Crippen LogP contribution in [0.2, 0.25) is 0 Å². The van der Waals surface area contributed by atoms with Gasteiger partial charge in [-0.3, -0.25) is 4.79 Å². The van der Waals surface area contributed by atoms with Gasteiger partial charge in [-0.05, 0) is 70.2 Å². The van der Waals surface area contributed by atoms with Crippen molar-refractivity contribution in [3.05, 3.63) is 72.1 Å². The van der Waals surface area contributed by atoms with Crippen LogP contribution in [0, 0.1) is 6.92 Å². The molecule has 0 atom stereocenters. The van der Waals surface area contributed by atoms with Crippen molar-refractivity contribution < 1.29 is 22.7 Å². The molecule has 0 aliphatic carbocycles. The minimum atomic E-state index is -4.59. The van der Waals surface area contributed by atoms with Crippen LogP contribution in [0.5, 0.6) is 5.75 Å². The molecule has 11 heteroatoms. The molecule has 216 valence electrons. The van der Waals surface area contributed by atoms with E-state index in [1.807, 2.05) is 57.2 Å². The summed E-state index contributed by atoms with van der Waals surface area (Å²) in [5.74, 6) is -0.122. The maximum atomic E-state index is 12.6. The first-order valence-electron chi connectivity index (χ1n) is 13.0. The van der Waals surface area contributed by atoms with Crippen LogP contribution in [0.1, 0.15) is 17.7 Å². The molecule has 0 fully saturated rings. The molecule has 41 heavy (non-hydrogen) atoms. The van der Waals surface area contributed by atoms with Crippen LogP contribution in [0.25, 0.3) is 22.2 Å². The van der Waals surface area contributed by atoms with Gasteiger partial charge in [-0.25, -0.2) is 9.97 Å². The summed E-state index contributed by atoms with van der Waals surface area (Å²) in [7, 11) is 7.43. The SMILES string of the molecule is COc1cc(CCCN(C)C)c(NC(=O)/C=C/C(F)(F)F)cc1Nc1nccc(-c2c(C)n(C)c3ccccc23)n1. The second kappa shape index (κ2) is 12.4. The Morgan fingerprint density at radius 3 is 2.61 bits per heavy atom. The summed E-state index contributed by atoms with van der Waals surface area (Å²) in [5, 5.41) is 6.82. The van der Waals surface area contributed by atoms with Gasteiger partial charge in [0.05, 0.1) is 18.5 Å². The zero-order chi connectivity index (χ0) is 29.7. The van der Waals surface area contributed by atoms with E-state index < -0.39 is 12.1 Å². The molecule has 4 rings (SSSR count). The van der Waals surface area contributed by atoms with Crippen molar-refractivity contribution >= 4 is 34.1 Å². The van der Waals surface area contributed by atoms with E-state index in [1.165, 1.54) is 7.11 Å². The molecule has 0 bridgehead atoms. The summed E-state index contributed by atoms with van der Waals surface area (Å²) in [6.07, 6.45) is -1.23. The maximum Gasteiger partial charge on any atom is 0.409 e. The lowest BCUT2D eigenvalue weighted by atomic mass is 10.0. The van der Waals surface area contributed by atoms with E-state index in [0.717, 1.165) is 46.4 Å². The van der Waals surface area contributed by atoms with Gasteiger partial charge < -0.3 is 24.8 Å². The molecule has 0 saturated carbocycles. The lowest BCUT2D eigenvalue weighted by molar-refractivity contribution is -0.112. The van der Waals surface area contributed by atoms with Crippen LogP contribution in [0.4, 0.5) is 30.5 Å². The first-order valence-corrected chi connectivity index (χ1v) is 13.0. The van der Waals surface area contributed by atoms with Gasteiger partial charge in [0.25, 0.3) is 0 Å². The summed E-state index contributed by atoms with van der Waals surface area (Å²) in [6, 6.07) is 13.3. The molecule has 4 aromatic rings. The van der Waals surface area contributed by atoms with Crippen molar-refractivity contribution in [1.29, 1.82) is 0 Å². The third kappa shape index (κ3) is 7.23. The number of hydrogen-bond donors (Lipinski definition) is 2. The van der Waals surface area contributed by atoms with E-state index in [2.05, 4.69) is 26.3 Å². The number of methoxy groups -OCH3 is 1.